The van der Waals surface area contributed by atoms with E-state index in [4.69, 9.17) is 4.43 Å². The number of hydrogen-bond acceptors (Lipinski definition) is 3. The maximum absolute atomic E-state index is 6.15. The molecule has 0 N–H and O–H groups in total. The molecule has 1 aromatic heterocycles. The van der Waals surface area contributed by atoms with Crippen LogP contribution in [0.3, 0.4) is 0 Å². The molecule has 110 valence electrons. The molecule has 20 heavy (non-hydrogen) atoms. The van der Waals surface area contributed by atoms with E-state index in [-0.39, 0.29) is 5.04 Å². The molecular formula is C15H26N2OSi2. The monoisotopic (exact) mass is 306 g/mol. The van der Waals surface area contributed by atoms with Crippen LogP contribution in [-0.2, 0) is 0 Å². The molecule has 0 atom stereocenters. The molecule has 0 aromatic carbocycles. The predicted molar refractivity (Wildman–Crippen MR) is 90.1 cm³/mol. The maximum Gasteiger partial charge on any atom is 0.252 e. The van der Waals surface area contributed by atoms with Crippen molar-refractivity contribution in [3.63, 3.8) is 0 Å². The highest BCUT2D eigenvalue weighted by atomic mass is 28.4. The Labute approximate surface area is 125 Å². The van der Waals surface area contributed by atoms with Crippen molar-refractivity contribution in [2.45, 2.75) is 58.5 Å². The van der Waals surface area contributed by atoms with Gasteiger partial charge in [-0.2, -0.15) is 0 Å². The van der Waals surface area contributed by atoms with Crippen LogP contribution in [0.15, 0.2) is 12.4 Å². The highest BCUT2D eigenvalue weighted by Gasteiger charge is 2.39. The van der Waals surface area contributed by atoms with Crippen LogP contribution < -0.4 is 4.43 Å². The second kappa shape index (κ2) is 5.70. The lowest BCUT2D eigenvalue weighted by Crippen LogP contribution is -2.44. The van der Waals surface area contributed by atoms with Crippen LogP contribution in [0.2, 0.25) is 37.8 Å². The molecule has 0 radical (unpaired) electrons. The van der Waals surface area contributed by atoms with Crippen LogP contribution in [-0.4, -0.2) is 26.4 Å². The van der Waals surface area contributed by atoms with Gasteiger partial charge in [-0.25, -0.2) is 4.98 Å². The lowest BCUT2D eigenvalue weighted by molar-refractivity contribution is 0.473. The van der Waals surface area contributed by atoms with E-state index in [0.717, 1.165) is 0 Å². The van der Waals surface area contributed by atoms with E-state index < -0.39 is 16.4 Å². The summed E-state index contributed by atoms with van der Waals surface area (Å²) in [5.74, 6) is 3.72. The summed E-state index contributed by atoms with van der Waals surface area (Å²) in [5.41, 5.74) is 4.00. The van der Waals surface area contributed by atoms with E-state index in [1.54, 1.807) is 12.4 Å². The van der Waals surface area contributed by atoms with Gasteiger partial charge in [-0.1, -0.05) is 46.3 Å². The minimum atomic E-state index is -1.87. The Morgan fingerprint density at radius 1 is 1.05 bits per heavy atom. The summed E-state index contributed by atoms with van der Waals surface area (Å²) in [6, 6.07) is 0. The Morgan fingerprint density at radius 2 is 1.65 bits per heavy atom. The molecule has 0 fully saturated rings. The molecule has 1 heterocycles. The Balaban J connectivity index is 2.97. The van der Waals surface area contributed by atoms with Crippen molar-refractivity contribution in [3.05, 3.63) is 18.1 Å². The van der Waals surface area contributed by atoms with Crippen molar-refractivity contribution in [3.8, 4) is 17.3 Å². The average molecular weight is 307 g/mol. The van der Waals surface area contributed by atoms with Gasteiger partial charge in [0.1, 0.15) is 13.8 Å². The number of hydrogen-bond donors (Lipinski definition) is 0. The molecule has 3 nitrogen and oxygen atoms in total. The van der Waals surface area contributed by atoms with Crippen LogP contribution in [0.25, 0.3) is 0 Å². The predicted octanol–water partition coefficient (Wildman–Crippen LogP) is 4.09. The minimum absolute atomic E-state index is 0.148. The van der Waals surface area contributed by atoms with Crippen molar-refractivity contribution >= 4 is 16.4 Å². The van der Waals surface area contributed by atoms with E-state index in [1.807, 2.05) is 0 Å². The summed E-state index contributed by atoms with van der Waals surface area (Å²) in [4.78, 5) is 8.67. The smallest absolute Gasteiger partial charge is 0.252 e. The zero-order valence-corrected chi connectivity index (χ0v) is 16.0. The zero-order chi connectivity index (χ0) is 15.6. The minimum Gasteiger partial charge on any atom is -0.530 e. The van der Waals surface area contributed by atoms with E-state index in [0.29, 0.717) is 11.6 Å². The van der Waals surface area contributed by atoms with Crippen LogP contribution in [0, 0.1) is 11.5 Å². The third-order valence-corrected chi connectivity index (χ3v) is 8.55. The van der Waals surface area contributed by atoms with Gasteiger partial charge in [0.2, 0.25) is 5.88 Å². The van der Waals surface area contributed by atoms with Gasteiger partial charge in [-0.3, -0.25) is 4.98 Å². The van der Waals surface area contributed by atoms with Gasteiger partial charge in [0.25, 0.3) is 8.32 Å². The van der Waals surface area contributed by atoms with E-state index in [2.05, 4.69) is 74.9 Å². The Hall–Kier alpha value is -1.13. The van der Waals surface area contributed by atoms with Crippen molar-refractivity contribution < 1.29 is 4.43 Å². The molecule has 0 aliphatic carbocycles. The first-order chi connectivity index (χ1) is 8.91. The normalized spacial score (nSPS) is 12.6. The second-order valence-electron chi connectivity index (χ2n) is 7.60. The second-order valence-corrected chi connectivity index (χ2v) is 17.1. The van der Waals surface area contributed by atoms with Gasteiger partial charge in [0, 0.05) is 0 Å². The summed E-state index contributed by atoms with van der Waals surface area (Å²) in [5, 5.41) is 0.148. The van der Waals surface area contributed by atoms with Crippen LogP contribution in [0.5, 0.6) is 5.88 Å². The fourth-order valence-corrected chi connectivity index (χ4v) is 2.55. The van der Waals surface area contributed by atoms with Crippen LogP contribution in [0.4, 0.5) is 0 Å². The van der Waals surface area contributed by atoms with Crippen molar-refractivity contribution in [1.82, 2.24) is 9.97 Å². The Kier molecular flexibility index (Phi) is 4.83. The Morgan fingerprint density at radius 3 is 2.15 bits per heavy atom. The lowest BCUT2D eigenvalue weighted by Gasteiger charge is -2.35. The molecule has 0 aliphatic heterocycles. The molecule has 0 saturated heterocycles. The van der Waals surface area contributed by atoms with Gasteiger partial charge < -0.3 is 4.43 Å². The molecule has 0 spiro atoms. The standard InChI is InChI=1S/C15H26N2OSi2/c1-15(2,3)20(7,8)18-14-12-16-11-13(17-14)9-10-19(4,5)6/h11-12H,1-8H3. The molecule has 0 bridgehead atoms. The van der Waals surface area contributed by atoms with Gasteiger partial charge in [-0.05, 0) is 18.1 Å². The van der Waals surface area contributed by atoms with Crippen LogP contribution in [0.1, 0.15) is 26.5 Å². The molecule has 0 aliphatic rings. The molecule has 5 heteroatoms. The third kappa shape index (κ3) is 5.10. The van der Waals surface area contributed by atoms with Crippen molar-refractivity contribution in [2.24, 2.45) is 0 Å². The van der Waals surface area contributed by atoms with Crippen molar-refractivity contribution in [2.75, 3.05) is 0 Å². The fourth-order valence-electron chi connectivity index (χ4n) is 1.12. The van der Waals surface area contributed by atoms with E-state index in [9.17, 15) is 0 Å². The average Bonchev–Trinajstić information content (AvgIpc) is 2.24. The van der Waals surface area contributed by atoms with Gasteiger partial charge in [-0.15, -0.1) is 5.54 Å². The molecule has 0 unspecified atom stereocenters. The highest BCUT2D eigenvalue weighted by Crippen LogP contribution is 2.36. The molecule has 0 saturated carbocycles. The third-order valence-electron chi connectivity index (χ3n) is 3.34. The molecular weight excluding hydrogens is 280 g/mol. The van der Waals surface area contributed by atoms with E-state index >= 15 is 0 Å². The van der Waals surface area contributed by atoms with Crippen molar-refractivity contribution in [1.29, 1.82) is 0 Å². The van der Waals surface area contributed by atoms with Crippen LogP contribution >= 0.6 is 0 Å². The lowest BCUT2D eigenvalue weighted by atomic mass is 10.2. The largest absolute Gasteiger partial charge is 0.530 e. The SMILES string of the molecule is CC(C)(C)[Si](C)(C)Oc1cncc(C#C[Si](C)(C)C)n1. The molecule has 1 rings (SSSR count). The summed E-state index contributed by atoms with van der Waals surface area (Å²) >= 11 is 0. The summed E-state index contributed by atoms with van der Waals surface area (Å²) in [7, 11) is -3.27. The zero-order valence-electron chi connectivity index (χ0n) is 14.0. The first-order valence-electron chi connectivity index (χ1n) is 6.95. The molecule has 0 amide bonds. The Bertz CT molecular complexity index is 531. The highest BCUT2D eigenvalue weighted by molar-refractivity contribution is 6.83. The number of rotatable bonds is 2. The number of aromatic nitrogens is 2. The first-order valence-corrected chi connectivity index (χ1v) is 13.4. The fraction of sp³-hybridized carbons (Fsp3) is 0.600. The quantitative estimate of drug-likeness (QED) is 0.610. The summed E-state index contributed by atoms with van der Waals surface area (Å²) < 4.78 is 6.15. The molecule has 1 aromatic rings. The summed E-state index contributed by atoms with van der Waals surface area (Å²) in [6.45, 7) is 17.7. The summed E-state index contributed by atoms with van der Waals surface area (Å²) in [6.07, 6.45) is 3.38. The van der Waals surface area contributed by atoms with Gasteiger partial charge in [0.15, 0.2) is 0 Å². The first kappa shape index (κ1) is 16.9. The topological polar surface area (TPSA) is 35.0 Å². The van der Waals surface area contributed by atoms with E-state index in [1.165, 1.54) is 0 Å². The van der Waals surface area contributed by atoms with Gasteiger partial charge in [0.05, 0.1) is 12.4 Å². The number of nitrogens with zero attached hydrogens (tertiary/aromatic N) is 2. The van der Waals surface area contributed by atoms with Gasteiger partial charge >= 0.3 is 0 Å². The maximum atomic E-state index is 6.15.